The summed E-state index contributed by atoms with van der Waals surface area (Å²) in [5.41, 5.74) is 2.79. The molecule has 1 unspecified atom stereocenters. The van der Waals surface area contributed by atoms with E-state index in [2.05, 4.69) is 21.5 Å². The summed E-state index contributed by atoms with van der Waals surface area (Å²) < 4.78 is 5.14. The molecular weight excluding hydrogens is 378 g/mol. The average Bonchev–Trinajstić information content (AvgIpc) is 2.74. The Bertz CT molecular complexity index is 937. The van der Waals surface area contributed by atoms with E-state index >= 15 is 0 Å². The predicted molar refractivity (Wildman–Crippen MR) is 107 cm³/mol. The standard InChI is InChI=1S/C20H20ClN5O2/c1-13(20(27)25-19-9-18(28-2)16(21)11-24-19)15-3-4-17(23-10-15)14-5-7-26(12-22)8-6-14/h3-5,9-11,13H,6-8H2,1-2H3,(H,24,25,27). The summed E-state index contributed by atoms with van der Waals surface area (Å²) in [6.07, 6.45) is 8.09. The van der Waals surface area contributed by atoms with Crippen LogP contribution >= 0.6 is 11.6 Å². The molecule has 144 valence electrons. The second kappa shape index (κ2) is 8.72. The first-order valence-electron chi connectivity index (χ1n) is 8.82. The van der Waals surface area contributed by atoms with Crippen LogP contribution in [0.3, 0.4) is 0 Å². The molecule has 8 heteroatoms. The molecule has 0 aromatic carbocycles. The highest BCUT2D eigenvalue weighted by Crippen LogP contribution is 2.26. The number of hydrogen-bond acceptors (Lipinski definition) is 6. The molecule has 3 heterocycles. The number of halogens is 1. The number of carbonyl (C=O) groups excluding carboxylic acids is 1. The van der Waals surface area contributed by atoms with Crippen LogP contribution in [0.25, 0.3) is 5.57 Å². The number of anilines is 1. The fourth-order valence-electron chi connectivity index (χ4n) is 2.87. The van der Waals surface area contributed by atoms with Crippen LogP contribution in [0.2, 0.25) is 5.02 Å². The lowest BCUT2D eigenvalue weighted by Crippen LogP contribution is -2.23. The minimum atomic E-state index is -0.403. The lowest BCUT2D eigenvalue weighted by Gasteiger charge is -2.21. The Labute approximate surface area is 168 Å². The van der Waals surface area contributed by atoms with Gasteiger partial charge in [0.2, 0.25) is 5.91 Å². The zero-order valence-electron chi connectivity index (χ0n) is 15.6. The first kappa shape index (κ1) is 19.6. The van der Waals surface area contributed by atoms with Crippen LogP contribution in [0.5, 0.6) is 5.75 Å². The van der Waals surface area contributed by atoms with Crippen LogP contribution in [0.1, 0.15) is 30.5 Å². The molecule has 0 bridgehead atoms. The average molecular weight is 398 g/mol. The number of nitrogens with one attached hydrogen (secondary N) is 1. The van der Waals surface area contributed by atoms with Gasteiger partial charge in [-0.15, -0.1) is 0 Å². The smallest absolute Gasteiger partial charge is 0.232 e. The number of aromatic nitrogens is 2. The van der Waals surface area contributed by atoms with Crippen molar-refractivity contribution in [1.29, 1.82) is 5.26 Å². The molecule has 0 saturated heterocycles. The molecular formula is C20H20ClN5O2. The van der Waals surface area contributed by atoms with E-state index in [4.69, 9.17) is 21.6 Å². The van der Waals surface area contributed by atoms with Crippen molar-refractivity contribution in [2.75, 3.05) is 25.5 Å². The van der Waals surface area contributed by atoms with Gasteiger partial charge in [0.15, 0.2) is 6.19 Å². The zero-order valence-corrected chi connectivity index (χ0v) is 16.4. The summed E-state index contributed by atoms with van der Waals surface area (Å²) in [4.78, 5) is 22.8. The minimum Gasteiger partial charge on any atom is -0.495 e. The molecule has 0 radical (unpaired) electrons. The maximum atomic E-state index is 12.6. The van der Waals surface area contributed by atoms with Crippen molar-refractivity contribution in [2.24, 2.45) is 0 Å². The fraction of sp³-hybridized carbons (Fsp3) is 0.300. The van der Waals surface area contributed by atoms with Gasteiger partial charge in [-0.05, 0) is 30.5 Å². The summed E-state index contributed by atoms with van der Waals surface area (Å²) in [7, 11) is 1.50. The van der Waals surface area contributed by atoms with E-state index in [0.717, 1.165) is 23.3 Å². The quantitative estimate of drug-likeness (QED) is 0.777. The third kappa shape index (κ3) is 4.41. The van der Waals surface area contributed by atoms with E-state index in [1.807, 2.05) is 25.1 Å². The van der Waals surface area contributed by atoms with Crippen molar-refractivity contribution < 1.29 is 9.53 Å². The minimum absolute atomic E-state index is 0.201. The molecule has 1 amide bonds. The van der Waals surface area contributed by atoms with Gasteiger partial charge in [-0.25, -0.2) is 4.98 Å². The van der Waals surface area contributed by atoms with E-state index in [-0.39, 0.29) is 5.91 Å². The number of ether oxygens (including phenoxy) is 1. The topological polar surface area (TPSA) is 91.1 Å². The van der Waals surface area contributed by atoms with Gasteiger partial charge in [-0.1, -0.05) is 23.7 Å². The van der Waals surface area contributed by atoms with Crippen molar-refractivity contribution >= 4 is 28.9 Å². The van der Waals surface area contributed by atoms with Crippen LogP contribution in [-0.4, -0.2) is 41.0 Å². The molecule has 0 saturated carbocycles. The van der Waals surface area contributed by atoms with Crippen LogP contribution in [-0.2, 0) is 4.79 Å². The second-order valence-electron chi connectivity index (χ2n) is 6.42. The Kier molecular flexibility index (Phi) is 6.12. The lowest BCUT2D eigenvalue weighted by atomic mass is 9.99. The highest BCUT2D eigenvalue weighted by Gasteiger charge is 2.18. The molecule has 2 aromatic heterocycles. The lowest BCUT2D eigenvalue weighted by molar-refractivity contribution is -0.117. The van der Waals surface area contributed by atoms with Gasteiger partial charge in [-0.2, -0.15) is 5.26 Å². The fourth-order valence-corrected chi connectivity index (χ4v) is 3.06. The molecule has 3 rings (SSSR count). The summed E-state index contributed by atoms with van der Waals surface area (Å²) in [6, 6.07) is 5.39. The Morgan fingerprint density at radius 3 is 2.82 bits per heavy atom. The van der Waals surface area contributed by atoms with E-state index in [0.29, 0.717) is 29.7 Å². The second-order valence-corrected chi connectivity index (χ2v) is 6.82. The monoisotopic (exact) mass is 397 g/mol. The number of nitriles is 1. The molecule has 2 aromatic rings. The molecule has 0 fully saturated rings. The van der Waals surface area contributed by atoms with Gasteiger partial charge in [0.1, 0.15) is 16.6 Å². The number of carbonyl (C=O) groups is 1. The molecule has 0 spiro atoms. The number of amides is 1. The number of hydrogen-bond donors (Lipinski definition) is 1. The van der Waals surface area contributed by atoms with Gasteiger partial charge in [-0.3, -0.25) is 9.78 Å². The first-order valence-corrected chi connectivity index (χ1v) is 9.20. The van der Waals surface area contributed by atoms with Crippen LogP contribution in [0.4, 0.5) is 5.82 Å². The SMILES string of the molecule is COc1cc(NC(=O)C(C)c2ccc(C3=CCN(C#N)CC3)nc2)ncc1Cl. The van der Waals surface area contributed by atoms with Gasteiger partial charge < -0.3 is 15.0 Å². The summed E-state index contributed by atoms with van der Waals surface area (Å²) in [5.74, 6) is 0.214. The Balaban J connectivity index is 1.67. The van der Waals surface area contributed by atoms with Crippen molar-refractivity contribution in [1.82, 2.24) is 14.9 Å². The third-order valence-corrected chi connectivity index (χ3v) is 4.93. The van der Waals surface area contributed by atoms with Crippen LogP contribution in [0.15, 0.2) is 36.7 Å². The van der Waals surface area contributed by atoms with E-state index < -0.39 is 5.92 Å². The van der Waals surface area contributed by atoms with Gasteiger partial charge in [0, 0.05) is 25.4 Å². The number of nitrogens with zero attached hydrogens (tertiary/aromatic N) is 4. The van der Waals surface area contributed by atoms with Gasteiger partial charge >= 0.3 is 0 Å². The van der Waals surface area contributed by atoms with Crippen molar-refractivity contribution in [3.63, 3.8) is 0 Å². The summed E-state index contributed by atoms with van der Waals surface area (Å²) >= 11 is 5.95. The summed E-state index contributed by atoms with van der Waals surface area (Å²) in [6.45, 7) is 3.11. The van der Waals surface area contributed by atoms with Gasteiger partial charge in [0.05, 0.1) is 24.9 Å². The molecule has 0 aliphatic carbocycles. The molecule has 1 N–H and O–H groups in total. The number of pyridine rings is 2. The van der Waals surface area contributed by atoms with Crippen LogP contribution < -0.4 is 10.1 Å². The Hall–Kier alpha value is -3.11. The van der Waals surface area contributed by atoms with Crippen LogP contribution in [0, 0.1) is 11.5 Å². The Morgan fingerprint density at radius 1 is 1.39 bits per heavy atom. The van der Waals surface area contributed by atoms with E-state index in [1.165, 1.54) is 13.3 Å². The van der Waals surface area contributed by atoms with Crippen molar-refractivity contribution in [2.45, 2.75) is 19.3 Å². The zero-order chi connectivity index (χ0) is 20.1. The van der Waals surface area contributed by atoms with Crippen molar-refractivity contribution in [3.8, 4) is 11.9 Å². The Morgan fingerprint density at radius 2 is 2.21 bits per heavy atom. The van der Waals surface area contributed by atoms with E-state index in [1.54, 1.807) is 17.2 Å². The van der Waals surface area contributed by atoms with Crippen molar-refractivity contribution in [3.05, 3.63) is 52.9 Å². The highest BCUT2D eigenvalue weighted by molar-refractivity contribution is 6.32. The molecule has 1 atom stereocenters. The third-order valence-electron chi connectivity index (χ3n) is 4.65. The number of methoxy groups -OCH3 is 1. The summed E-state index contributed by atoms with van der Waals surface area (Å²) in [5, 5.41) is 12.1. The molecule has 1 aliphatic heterocycles. The maximum Gasteiger partial charge on any atom is 0.232 e. The maximum absolute atomic E-state index is 12.6. The van der Waals surface area contributed by atoms with Gasteiger partial charge in [0.25, 0.3) is 0 Å². The first-order chi connectivity index (χ1) is 13.5. The molecule has 28 heavy (non-hydrogen) atoms. The normalized spacial score (nSPS) is 14.6. The van der Waals surface area contributed by atoms with E-state index in [9.17, 15) is 4.79 Å². The molecule has 1 aliphatic rings. The predicted octanol–water partition coefficient (Wildman–Crippen LogP) is 3.45. The number of rotatable bonds is 5. The highest BCUT2D eigenvalue weighted by atomic mass is 35.5. The largest absolute Gasteiger partial charge is 0.495 e. The molecule has 7 nitrogen and oxygen atoms in total.